The summed E-state index contributed by atoms with van der Waals surface area (Å²) >= 11 is 0. The zero-order valence-electron chi connectivity index (χ0n) is 18.4. The second-order valence-electron chi connectivity index (χ2n) is 7.63. The van der Waals surface area contributed by atoms with Gasteiger partial charge in [0.25, 0.3) is 0 Å². The average molecular weight is 409 g/mol. The molecule has 1 unspecified atom stereocenters. The van der Waals surface area contributed by atoms with Crippen LogP contribution in [0.5, 0.6) is 0 Å². The molecular weight excluding hydrogens is 371 g/mol. The molecule has 1 aromatic rings. The maximum atomic E-state index is 13.7. The van der Waals surface area contributed by atoms with Crippen molar-refractivity contribution < 1.29 is 13.9 Å². The molecule has 1 atom stereocenters. The molecule has 1 aromatic carbocycles. The smallest absolute Gasteiger partial charge is 0.193 e. The van der Waals surface area contributed by atoms with Crippen LogP contribution < -0.4 is 5.32 Å². The number of guanidine groups is 1. The summed E-state index contributed by atoms with van der Waals surface area (Å²) < 4.78 is 24.7. The van der Waals surface area contributed by atoms with E-state index in [1.54, 1.807) is 19.2 Å². The number of methoxy groups -OCH3 is 1. The molecule has 1 aliphatic rings. The number of aliphatic imine (C=N–C) groups is 1. The minimum Gasteiger partial charge on any atom is -0.385 e. The van der Waals surface area contributed by atoms with Crippen molar-refractivity contribution in [2.24, 2.45) is 4.99 Å². The first-order chi connectivity index (χ1) is 14.0. The summed E-state index contributed by atoms with van der Waals surface area (Å²) in [4.78, 5) is 9.27. The third-order valence-corrected chi connectivity index (χ3v) is 5.19. The van der Waals surface area contributed by atoms with Crippen molar-refractivity contribution in [3.05, 3.63) is 35.6 Å². The highest BCUT2D eigenvalue weighted by Gasteiger charge is 2.22. The van der Waals surface area contributed by atoms with E-state index in [0.29, 0.717) is 12.6 Å². The van der Waals surface area contributed by atoms with E-state index in [9.17, 15) is 4.39 Å². The number of rotatable bonds is 10. The lowest BCUT2D eigenvalue weighted by atomic mass is 10.1. The molecule has 0 bridgehead atoms. The Morgan fingerprint density at radius 3 is 2.69 bits per heavy atom. The number of nitrogens with one attached hydrogen (secondary N) is 1. The largest absolute Gasteiger partial charge is 0.385 e. The zero-order chi connectivity index (χ0) is 21.1. The van der Waals surface area contributed by atoms with Crippen LogP contribution >= 0.6 is 0 Å². The van der Waals surface area contributed by atoms with Gasteiger partial charge in [0.15, 0.2) is 5.96 Å². The highest BCUT2D eigenvalue weighted by Crippen LogP contribution is 2.20. The average Bonchev–Trinajstić information content (AvgIpc) is 2.71. The van der Waals surface area contributed by atoms with Crippen molar-refractivity contribution in [3.8, 4) is 0 Å². The Labute approximate surface area is 175 Å². The third-order valence-electron chi connectivity index (χ3n) is 5.19. The van der Waals surface area contributed by atoms with Crippen LogP contribution in [0.1, 0.15) is 37.8 Å². The monoisotopic (exact) mass is 408 g/mol. The topological polar surface area (TPSA) is 49.3 Å². The molecule has 0 saturated carbocycles. The normalized spacial score (nSPS) is 17.0. The van der Waals surface area contributed by atoms with E-state index in [4.69, 9.17) is 14.5 Å². The van der Waals surface area contributed by atoms with Crippen molar-refractivity contribution >= 4 is 5.96 Å². The summed E-state index contributed by atoms with van der Waals surface area (Å²) in [6, 6.07) is 6.82. The van der Waals surface area contributed by atoms with Crippen molar-refractivity contribution in [2.45, 2.75) is 38.3 Å². The molecule has 7 heteroatoms. The SMILES string of the molecule is CCNC(=NCC(c1cccc(F)c1)N(C)C)N1CCC(OCCCOC)CC1. The molecule has 29 heavy (non-hydrogen) atoms. The van der Waals surface area contributed by atoms with Gasteiger partial charge in [0, 0.05) is 40.0 Å². The quantitative estimate of drug-likeness (QED) is 0.367. The van der Waals surface area contributed by atoms with E-state index in [-0.39, 0.29) is 11.9 Å². The van der Waals surface area contributed by atoms with Crippen LogP contribution in [-0.2, 0) is 9.47 Å². The third kappa shape index (κ3) is 7.91. The fourth-order valence-corrected chi connectivity index (χ4v) is 3.57. The Balaban J connectivity index is 1.95. The standard InChI is InChI=1S/C22H37FN4O2/c1-5-24-22(27-12-10-20(11-13-27)29-15-7-14-28-4)25-17-21(26(2)3)18-8-6-9-19(23)16-18/h6,8-9,16,20-21H,5,7,10-15,17H2,1-4H3,(H,24,25). The predicted molar refractivity (Wildman–Crippen MR) is 116 cm³/mol. The van der Waals surface area contributed by atoms with Gasteiger partial charge in [-0.05, 0) is 58.0 Å². The summed E-state index contributed by atoms with van der Waals surface area (Å²) in [5.74, 6) is 0.714. The van der Waals surface area contributed by atoms with Gasteiger partial charge >= 0.3 is 0 Å². The number of hydrogen-bond acceptors (Lipinski definition) is 4. The maximum Gasteiger partial charge on any atom is 0.193 e. The molecule has 1 aliphatic heterocycles. The molecule has 2 rings (SSSR count). The Morgan fingerprint density at radius 2 is 2.07 bits per heavy atom. The zero-order valence-corrected chi connectivity index (χ0v) is 18.4. The maximum absolute atomic E-state index is 13.7. The molecule has 0 radical (unpaired) electrons. The fourth-order valence-electron chi connectivity index (χ4n) is 3.57. The lowest BCUT2D eigenvalue weighted by Crippen LogP contribution is -2.47. The Hall–Kier alpha value is -1.70. The van der Waals surface area contributed by atoms with Crippen molar-refractivity contribution in [1.29, 1.82) is 0 Å². The second kappa shape index (κ2) is 12.8. The van der Waals surface area contributed by atoms with E-state index in [1.165, 1.54) is 6.07 Å². The van der Waals surface area contributed by atoms with Crippen LogP contribution in [0, 0.1) is 5.82 Å². The second-order valence-corrected chi connectivity index (χ2v) is 7.63. The summed E-state index contributed by atoms with van der Waals surface area (Å²) in [5.41, 5.74) is 0.942. The molecule has 1 heterocycles. The molecular formula is C22H37FN4O2. The lowest BCUT2D eigenvalue weighted by molar-refractivity contribution is 0.00989. The Kier molecular flexibility index (Phi) is 10.4. The van der Waals surface area contributed by atoms with E-state index in [0.717, 1.165) is 63.6 Å². The van der Waals surface area contributed by atoms with Gasteiger partial charge in [-0.2, -0.15) is 0 Å². The Morgan fingerprint density at radius 1 is 1.31 bits per heavy atom. The highest BCUT2D eigenvalue weighted by atomic mass is 19.1. The number of likely N-dealkylation sites (N-methyl/N-ethyl adjacent to an activating group) is 1. The molecule has 1 saturated heterocycles. The van der Waals surface area contributed by atoms with Crippen LogP contribution in [0.15, 0.2) is 29.3 Å². The van der Waals surface area contributed by atoms with Gasteiger partial charge in [-0.15, -0.1) is 0 Å². The number of ether oxygens (including phenoxy) is 2. The summed E-state index contributed by atoms with van der Waals surface area (Å²) in [6.07, 6.45) is 3.25. The molecule has 1 N–H and O–H groups in total. The number of halogens is 1. The van der Waals surface area contributed by atoms with Crippen LogP contribution in [0.3, 0.4) is 0 Å². The first kappa shape index (κ1) is 23.6. The molecule has 0 aromatic heterocycles. The van der Waals surface area contributed by atoms with Gasteiger partial charge < -0.3 is 24.6 Å². The lowest BCUT2D eigenvalue weighted by Gasteiger charge is -2.34. The van der Waals surface area contributed by atoms with Crippen LogP contribution in [0.25, 0.3) is 0 Å². The van der Waals surface area contributed by atoms with Crippen LogP contribution in [0.2, 0.25) is 0 Å². The Bertz CT molecular complexity index is 619. The number of hydrogen-bond donors (Lipinski definition) is 1. The molecule has 0 aliphatic carbocycles. The summed E-state index contributed by atoms with van der Waals surface area (Å²) in [5, 5.41) is 3.41. The number of nitrogens with zero attached hydrogens (tertiary/aromatic N) is 3. The minimum absolute atomic E-state index is 0.0287. The van der Waals surface area contributed by atoms with E-state index in [1.807, 2.05) is 20.2 Å². The van der Waals surface area contributed by atoms with Gasteiger partial charge in [0.1, 0.15) is 5.82 Å². The van der Waals surface area contributed by atoms with E-state index >= 15 is 0 Å². The van der Waals surface area contributed by atoms with Gasteiger partial charge in [-0.1, -0.05) is 12.1 Å². The van der Waals surface area contributed by atoms with Gasteiger partial charge in [-0.3, -0.25) is 4.99 Å². The van der Waals surface area contributed by atoms with Crippen molar-refractivity contribution in [2.75, 3.05) is 60.6 Å². The first-order valence-electron chi connectivity index (χ1n) is 10.6. The van der Waals surface area contributed by atoms with Gasteiger partial charge in [-0.25, -0.2) is 4.39 Å². The van der Waals surface area contributed by atoms with Crippen LogP contribution in [-0.4, -0.2) is 82.5 Å². The number of benzene rings is 1. The van der Waals surface area contributed by atoms with Crippen molar-refractivity contribution in [3.63, 3.8) is 0 Å². The highest BCUT2D eigenvalue weighted by molar-refractivity contribution is 5.80. The summed E-state index contributed by atoms with van der Waals surface area (Å²) in [6.45, 7) is 6.82. The molecule has 0 amide bonds. The summed E-state index contributed by atoms with van der Waals surface area (Å²) in [7, 11) is 5.73. The number of likely N-dealkylation sites (tertiary alicyclic amines) is 1. The predicted octanol–water partition coefficient (Wildman–Crippen LogP) is 2.91. The fraction of sp³-hybridized carbons (Fsp3) is 0.682. The van der Waals surface area contributed by atoms with Crippen molar-refractivity contribution in [1.82, 2.24) is 15.1 Å². The van der Waals surface area contributed by atoms with Gasteiger partial charge in [0.2, 0.25) is 0 Å². The van der Waals surface area contributed by atoms with E-state index in [2.05, 4.69) is 22.0 Å². The minimum atomic E-state index is -0.210. The van der Waals surface area contributed by atoms with Gasteiger partial charge in [0.05, 0.1) is 18.7 Å². The number of piperidine rings is 1. The first-order valence-corrected chi connectivity index (χ1v) is 10.6. The molecule has 1 fully saturated rings. The molecule has 6 nitrogen and oxygen atoms in total. The van der Waals surface area contributed by atoms with E-state index < -0.39 is 0 Å². The molecule has 164 valence electrons. The molecule has 0 spiro atoms. The van der Waals surface area contributed by atoms with Crippen LogP contribution in [0.4, 0.5) is 4.39 Å².